The first-order valence-electron chi connectivity index (χ1n) is 5.82. The SMILES string of the molecule is COC(=O)[C@H]1CCCN(c2ncc(C)cn2)C1. The molecule has 0 bridgehead atoms. The highest BCUT2D eigenvalue weighted by molar-refractivity contribution is 5.73. The first kappa shape index (κ1) is 11.8. The maximum absolute atomic E-state index is 11.5. The summed E-state index contributed by atoms with van der Waals surface area (Å²) in [6.45, 7) is 3.50. The van der Waals surface area contributed by atoms with Gasteiger partial charge in [0, 0.05) is 25.5 Å². The van der Waals surface area contributed by atoms with Crippen molar-refractivity contribution in [2.24, 2.45) is 5.92 Å². The van der Waals surface area contributed by atoms with Gasteiger partial charge in [0.05, 0.1) is 13.0 Å². The van der Waals surface area contributed by atoms with E-state index in [2.05, 4.69) is 9.97 Å². The van der Waals surface area contributed by atoms with Crippen LogP contribution < -0.4 is 4.90 Å². The van der Waals surface area contributed by atoms with Crippen LogP contribution in [0.25, 0.3) is 0 Å². The summed E-state index contributed by atoms with van der Waals surface area (Å²) in [7, 11) is 1.43. The van der Waals surface area contributed by atoms with Gasteiger partial charge in [0.15, 0.2) is 0 Å². The smallest absolute Gasteiger partial charge is 0.310 e. The number of methoxy groups -OCH3 is 1. The van der Waals surface area contributed by atoms with Crippen molar-refractivity contribution in [3.05, 3.63) is 18.0 Å². The Morgan fingerprint density at radius 2 is 2.18 bits per heavy atom. The Kier molecular flexibility index (Phi) is 3.56. The zero-order chi connectivity index (χ0) is 12.3. The van der Waals surface area contributed by atoms with Crippen LogP contribution in [0.3, 0.4) is 0 Å². The Hall–Kier alpha value is -1.65. The van der Waals surface area contributed by atoms with E-state index in [4.69, 9.17) is 4.74 Å². The second kappa shape index (κ2) is 5.12. The Balaban J connectivity index is 2.06. The quantitative estimate of drug-likeness (QED) is 0.720. The lowest BCUT2D eigenvalue weighted by molar-refractivity contribution is -0.145. The number of hydrogen-bond donors (Lipinski definition) is 0. The fraction of sp³-hybridized carbons (Fsp3) is 0.583. The minimum Gasteiger partial charge on any atom is -0.469 e. The first-order valence-corrected chi connectivity index (χ1v) is 5.82. The molecule has 5 heteroatoms. The predicted molar refractivity (Wildman–Crippen MR) is 63.7 cm³/mol. The molecule has 0 amide bonds. The van der Waals surface area contributed by atoms with E-state index in [1.54, 1.807) is 12.4 Å². The van der Waals surface area contributed by atoms with Crippen molar-refractivity contribution in [1.29, 1.82) is 0 Å². The van der Waals surface area contributed by atoms with Crippen molar-refractivity contribution in [3.63, 3.8) is 0 Å². The molecule has 0 unspecified atom stereocenters. The van der Waals surface area contributed by atoms with Gasteiger partial charge in [-0.15, -0.1) is 0 Å². The van der Waals surface area contributed by atoms with Crippen LogP contribution in [0.5, 0.6) is 0 Å². The van der Waals surface area contributed by atoms with E-state index >= 15 is 0 Å². The van der Waals surface area contributed by atoms with E-state index in [-0.39, 0.29) is 11.9 Å². The summed E-state index contributed by atoms with van der Waals surface area (Å²) in [5.74, 6) is 0.504. The number of rotatable bonds is 2. The molecule has 1 aromatic rings. The van der Waals surface area contributed by atoms with E-state index in [1.165, 1.54) is 7.11 Å². The number of aryl methyl sites for hydroxylation is 1. The monoisotopic (exact) mass is 235 g/mol. The first-order chi connectivity index (χ1) is 8.20. The van der Waals surface area contributed by atoms with Gasteiger partial charge in [-0.3, -0.25) is 4.79 Å². The third-order valence-electron chi connectivity index (χ3n) is 3.01. The van der Waals surface area contributed by atoms with Crippen LogP contribution in [-0.4, -0.2) is 36.1 Å². The van der Waals surface area contributed by atoms with E-state index in [0.717, 1.165) is 24.9 Å². The van der Waals surface area contributed by atoms with Crippen LogP contribution in [0.15, 0.2) is 12.4 Å². The number of anilines is 1. The normalized spacial score (nSPS) is 20.1. The minimum atomic E-state index is -0.137. The van der Waals surface area contributed by atoms with Crippen LogP contribution in [0.4, 0.5) is 5.95 Å². The van der Waals surface area contributed by atoms with Crippen LogP contribution >= 0.6 is 0 Å². The summed E-state index contributed by atoms with van der Waals surface area (Å²) >= 11 is 0. The molecule has 0 N–H and O–H groups in total. The number of ether oxygens (including phenoxy) is 1. The van der Waals surface area contributed by atoms with Crippen molar-refractivity contribution in [3.8, 4) is 0 Å². The topological polar surface area (TPSA) is 55.3 Å². The Bertz CT molecular complexity index is 391. The predicted octanol–water partition coefficient (Wildman–Crippen LogP) is 1.17. The molecule has 0 aromatic carbocycles. The Morgan fingerprint density at radius 3 is 2.82 bits per heavy atom. The molecule has 2 heterocycles. The van der Waals surface area contributed by atoms with Gasteiger partial charge < -0.3 is 9.64 Å². The summed E-state index contributed by atoms with van der Waals surface area (Å²) < 4.78 is 4.79. The van der Waals surface area contributed by atoms with Crippen molar-refractivity contribution >= 4 is 11.9 Å². The molecule has 0 spiro atoms. The highest BCUT2D eigenvalue weighted by Crippen LogP contribution is 2.20. The number of aromatic nitrogens is 2. The second-order valence-corrected chi connectivity index (χ2v) is 4.37. The maximum Gasteiger partial charge on any atom is 0.310 e. The number of piperidine rings is 1. The van der Waals surface area contributed by atoms with Gasteiger partial charge in [0.25, 0.3) is 0 Å². The largest absolute Gasteiger partial charge is 0.469 e. The van der Waals surface area contributed by atoms with Gasteiger partial charge in [-0.1, -0.05) is 0 Å². The van der Waals surface area contributed by atoms with Crippen molar-refractivity contribution in [2.45, 2.75) is 19.8 Å². The van der Waals surface area contributed by atoms with E-state index in [9.17, 15) is 4.79 Å². The molecular formula is C12H17N3O2. The summed E-state index contributed by atoms with van der Waals surface area (Å²) in [5, 5.41) is 0. The number of hydrogen-bond acceptors (Lipinski definition) is 5. The molecule has 0 aliphatic carbocycles. The van der Waals surface area contributed by atoms with Crippen LogP contribution in [0.2, 0.25) is 0 Å². The van der Waals surface area contributed by atoms with E-state index in [1.807, 2.05) is 11.8 Å². The van der Waals surface area contributed by atoms with Gasteiger partial charge in [-0.2, -0.15) is 0 Å². The molecule has 2 rings (SSSR count). The Morgan fingerprint density at radius 1 is 1.47 bits per heavy atom. The molecular weight excluding hydrogens is 218 g/mol. The van der Waals surface area contributed by atoms with Gasteiger partial charge in [0.1, 0.15) is 0 Å². The van der Waals surface area contributed by atoms with Gasteiger partial charge in [-0.05, 0) is 25.3 Å². The molecule has 0 saturated carbocycles. The second-order valence-electron chi connectivity index (χ2n) is 4.37. The molecule has 1 fully saturated rings. The highest BCUT2D eigenvalue weighted by Gasteiger charge is 2.27. The fourth-order valence-electron chi connectivity index (χ4n) is 2.07. The average Bonchev–Trinajstić information content (AvgIpc) is 2.39. The summed E-state index contributed by atoms with van der Waals surface area (Å²) in [4.78, 5) is 22.1. The number of carbonyl (C=O) groups is 1. The summed E-state index contributed by atoms with van der Waals surface area (Å²) in [5.41, 5.74) is 1.04. The number of esters is 1. The molecule has 1 aliphatic heterocycles. The Labute approximate surface area is 101 Å². The molecule has 17 heavy (non-hydrogen) atoms. The van der Waals surface area contributed by atoms with Crippen LogP contribution in [-0.2, 0) is 9.53 Å². The van der Waals surface area contributed by atoms with Crippen molar-refractivity contribution < 1.29 is 9.53 Å². The summed E-state index contributed by atoms with van der Waals surface area (Å²) in [6, 6.07) is 0. The van der Waals surface area contributed by atoms with Gasteiger partial charge in [0.2, 0.25) is 5.95 Å². The zero-order valence-corrected chi connectivity index (χ0v) is 10.2. The average molecular weight is 235 g/mol. The van der Waals surface area contributed by atoms with Crippen LogP contribution in [0.1, 0.15) is 18.4 Å². The maximum atomic E-state index is 11.5. The lowest BCUT2D eigenvalue weighted by Gasteiger charge is -2.31. The standard InChI is InChI=1S/C12H17N3O2/c1-9-6-13-12(14-7-9)15-5-3-4-10(8-15)11(16)17-2/h6-7,10H,3-5,8H2,1-2H3/t10-/m0/s1. The zero-order valence-electron chi connectivity index (χ0n) is 10.2. The third kappa shape index (κ3) is 2.72. The molecule has 92 valence electrons. The van der Waals surface area contributed by atoms with Gasteiger partial charge >= 0.3 is 5.97 Å². The minimum absolute atomic E-state index is 0.0568. The van der Waals surface area contributed by atoms with Gasteiger partial charge in [-0.25, -0.2) is 9.97 Å². The van der Waals surface area contributed by atoms with Crippen molar-refractivity contribution in [2.75, 3.05) is 25.1 Å². The van der Waals surface area contributed by atoms with Crippen molar-refractivity contribution in [1.82, 2.24) is 9.97 Å². The molecule has 1 aromatic heterocycles. The van der Waals surface area contributed by atoms with E-state index < -0.39 is 0 Å². The third-order valence-corrected chi connectivity index (χ3v) is 3.01. The highest BCUT2D eigenvalue weighted by atomic mass is 16.5. The van der Waals surface area contributed by atoms with Crippen LogP contribution in [0, 0.1) is 12.8 Å². The number of carbonyl (C=O) groups excluding carboxylic acids is 1. The fourth-order valence-corrected chi connectivity index (χ4v) is 2.07. The lowest BCUT2D eigenvalue weighted by Crippen LogP contribution is -2.40. The molecule has 1 atom stereocenters. The molecule has 1 saturated heterocycles. The van der Waals surface area contributed by atoms with E-state index in [0.29, 0.717) is 12.5 Å². The summed E-state index contributed by atoms with van der Waals surface area (Å²) in [6.07, 6.45) is 5.44. The molecule has 1 aliphatic rings. The molecule has 0 radical (unpaired) electrons. The lowest BCUT2D eigenvalue weighted by atomic mass is 9.98. The molecule has 5 nitrogen and oxygen atoms in total. The number of nitrogens with zero attached hydrogens (tertiary/aromatic N) is 3.